The quantitative estimate of drug-likeness (QED) is 0.383. The summed E-state index contributed by atoms with van der Waals surface area (Å²) in [4.78, 5) is 50.8. The summed E-state index contributed by atoms with van der Waals surface area (Å²) in [5.41, 5.74) is -3.65. The minimum Gasteiger partial charge on any atom is -0.362 e. The largest absolute Gasteiger partial charge is 0.362 e. The Hall–Kier alpha value is -2.58. The van der Waals surface area contributed by atoms with Crippen molar-refractivity contribution in [1.82, 2.24) is 9.97 Å². The molecular weight excluding hydrogens is 268 g/mol. The highest BCUT2D eigenvalue weighted by Gasteiger charge is 2.30. The first-order valence-electron chi connectivity index (χ1n) is 5.59. The van der Waals surface area contributed by atoms with Crippen molar-refractivity contribution in [3.63, 3.8) is 0 Å². The van der Waals surface area contributed by atoms with Crippen LogP contribution < -0.4 is 22.2 Å². The maximum absolute atomic E-state index is 11.8. The molecule has 0 aliphatic rings. The molecule has 0 unspecified atom stereocenters. The molecule has 4 N–H and O–H groups in total. The third kappa shape index (κ3) is 1.43. The van der Waals surface area contributed by atoms with Gasteiger partial charge in [0.15, 0.2) is 5.79 Å². The summed E-state index contributed by atoms with van der Waals surface area (Å²) in [6, 6.07) is 1.10. The summed E-state index contributed by atoms with van der Waals surface area (Å²) < 4.78 is 0. The number of fused-ring (bicyclic) bond motifs is 2. The summed E-state index contributed by atoms with van der Waals surface area (Å²) >= 11 is 0. The van der Waals surface area contributed by atoms with Gasteiger partial charge in [-0.25, -0.2) is 0 Å². The molecule has 2 heterocycles. The number of nitrogens with one attached hydrogen (secondary N) is 2. The van der Waals surface area contributed by atoms with E-state index >= 15 is 0 Å². The molecule has 20 heavy (non-hydrogen) atoms. The lowest BCUT2D eigenvalue weighted by Crippen LogP contribution is -2.24. The van der Waals surface area contributed by atoms with Crippen molar-refractivity contribution in [1.29, 1.82) is 0 Å². The fourth-order valence-corrected chi connectivity index (χ4v) is 2.45. The molecule has 0 amide bonds. The lowest BCUT2D eigenvalue weighted by atomic mass is 9.96. The average Bonchev–Trinajstić information content (AvgIpc) is 2.76. The Morgan fingerprint density at radius 2 is 1.25 bits per heavy atom. The molecule has 0 fully saturated rings. The standard InChI is InChI=1S/C12H8N2O6/c1-12(19,20)7-5-3(8(15)13-10(5)17)2-4-6(7)11(18)14-9(4)16/h2,19-20H,1H3,(H,13,15,17)(H,14,16,18). The molecule has 0 saturated heterocycles. The molecule has 0 spiro atoms. The summed E-state index contributed by atoms with van der Waals surface area (Å²) in [5, 5.41) is 18.7. The Bertz CT molecular complexity index is 980. The van der Waals surface area contributed by atoms with E-state index in [0.29, 0.717) is 0 Å². The van der Waals surface area contributed by atoms with Crippen LogP contribution in [0.5, 0.6) is 0 Å². The summed E-state index contributed by atoms with van der Waals surface area (Å²) in [6.45, 7) is 0.940. The lowest BCUT2D eigenvalue weighted by molar-refractivity contribution is -0.150. The molecule has 1 aromatic carbocycles. The van der Waals surface area contributed by atoms with Gasteiger partial charge in [0.1, 0.15) is 0 Å². The Morgan fingerprint density at radius 3 is 1.60 bits per heavy atom. The number of hydrogen-bond donors (Lipinski definition) is 4. The second kappa shape index (κ2) is 3.50. The minimum absolute atomic E-state index is 0.164. The highest BCUT2D eigenvalue weighted by Crippen LogP contribution is 2.28. The van der Waals surface area contributed by atoms with Gasteiger partial charge in [-0.3, -0.25) is 29.1 Å². The van der Waals surface area contributed by atoms with Crippen LogP contribution in [0.25, 0.3) is 21.5 Å². The number of benzene rings is 1. The van der Waals surface area contributed by atoms with E-state index in [1.807, 2.05) is 9.97 Å². The van der Waals surface area contributed by atoms with Crippen LogP contribution in [0.15, 0.2) is 25.2 Å². The molecule has 0 aliphatic carbocycles. The van der Waals surface area contributed by atoms with Crippen molar-refractivity contribution in [2.45, 2.75) is 12.7 Å². The molecule has 0 aliphatic heterocycles. The van der Waals surface area contributed by atoms with Crippen LogP contribution in [0, 0.1) is 0 Å². The molecule has 2 aromatic heterocycles. The average molecular weight is 276 g/mol. The van der Waals surface area contributed by atoms with E-state index in [9.17, 15) is 29.4 Å². The van der Waals surface area contributed by atoms with Crippen molar-refractivity contribution in [3.8, 4) is 0 Å². The van der Waals surface area contributed by atoms with Gasteiger partial charge in [-0.05, 0) is 13.0 Å². The molecule has 0 atom stereocenters. The summed E-state index contributed by atoms with van der Waals surface area (Å²) in [6.07, 6.45) is 0. The Balaban J connectivity index is 2.85. The van der Waals surface area contributed by atoms with Gasteiger partial charge >= 0.3 is 0 Å². The van der Waals surface area contributed by atoms with Crippen LogP contribution in [0.4, 0.5) is 0 Å². The van der Waals surface area contributed by atoms with E-state index in [-0.39, 0.29) is 21.5 Å². The van der Waals surface area contributed by atoms with Gasteiger partial charge in [0.25, 0.3) is 22.2 Å². The van der Waals surface area contributed by atoms with Gasteiger partial charge < -0.3 is 10.2 Å². The summed E-state index contributed by atoms with van der Waals surface area (Å²) in [7, 11) is 0. The lowest BCUT2D eigenvalue weighted by Gasteiger charge is -2.17. The van der Waals surface area contributed by atoms with Crippen LogP contribution in [0.1, 0.15) is 12.5 Å². The second-order valence-electron chi connectivity index (χ2n) is 4.68. The third-order valence-corrected chi connectivity index (χ3v) is 3.20. The molecule has 8 nitrogen and oxygen atoms in total. The first-order valence-corrected chi connectivity index (χ1v) is 5.59. The van der Waals surface area contributed by atoms with E-state index in [1.165, 1.54) is 0 Å². The van der Waals surface area contributed by atoms with Crippen LogP contribution in [-0.4, -0.2) is 20.2 Å². The smallest absolute Gasteiger partial charge is 0.259 e. The number of aromatic nitrogens is 2. The van der Waals surface area contributed by atoms with Gasteiger partial charge in [-0.15, -0.1) is 0 Å². The van der Waals surface area contributed by atoms with Gasteiger partial charge in [-0.1, -0.05) is 0 Å². The van der Waals surface area contributed by atoms with E-state index in [2.05, 4.69) is 0 Å². The zero-order chi connectivity index (χ0) is 14.8. The van der Waals surface area contributed by atoms with Crippen LogP contribution in [0.3, 0.4) is 0 Å². The zero-order valence-corrected chi connectivity index (χ0v) is 10.1. The highest BCUT2D eigenvalue weighted by molar-refractivity contribution is 6.02. The Morgan fingerprint density at radius 1 is 0.850 bits per heavy atom. The van der Waals surface area contributed by atoms with Crippen LogP contribution in [0.2, 0.25) is 0 Å². The number of hydrogen-bond acceptors (Lipinski definition) is 6. The number of rotatable bonds is 1. The van der Waals surface area contributed by atoms with Crippen molar-refractivity contribution in [2.75, 3.05) is 0 Å². The van der Waals surface area contributed by atoms with E-state index in [0.717, 1.165) is 13.0 Å². The SMILES string of the molecule is CC(O)(O)c1c2c(=O)[nH]c(=O)c2cc2c(=O)[nH]c(=O)c12. The van der Waals surface area contributed by atoms with Gasteiger partial charge in [0, 0.05) is 5.56 Å². The Labute approximate surface area is 108 Å². The predicted molar refractivity (Wildman–Crippen MR) is 69.4 cm³/mol. The van der Waals surface area contributed by atoms with Crippen molar-refractivity contribution >= 4 is 21.5 Å². The first kappa shape index (κ1) is 12.5. The molecule has 0 bridgehead atoms. The van der Waals surface area contributed by atoms with Gasteiger partial charge in [0.05, 0.1) is 21.5 Å². The monoisotopic (exact) mass is 276 g/mol. The number of aliphatic hydroxyl groups is 2. The highest BCUT2D eigenvalue weighted by atomic mass is 16.5. The molecule has 0 radical (unpaired) electrons. The molecular formula is C12H8N2O6. The zero-order valence-electron chi connectivity index (χ0n) is 10.1. The van der Waals surface area contributed by atoms with Gasteiger partial charge in [0.2, 0.25) is 0 Å². The first-order chi connectivity index (χ1) is 9.21. The van der Waals surface area contributed by atoms with E-state index in [4.69, 9.17) is 0 Å². The topological polar surface area (TPSA) is 140 Å². The van der Waals surface area contributed by atoms with Crippen LogP contribution >= 0.6 is 0 Å². The second-order valence-corrected chi connectivity index (χ2v) is 4.68. The number of aromatic amines is 2. The molecule has 3 aromatic rings. The fourth-order valence-electron chi connectivity index (χ4n) is 2.45. The maximum atomic E-state index is 11.8. The van der Waals surface area contributed by atoms with Crippen LogP contribution in [-0.2, 0) is 5.79 Å². The molecule has 0 saturated carbocycles. The maximum Gasteiger partial charge on any atom is 0.259 e. The fraction of sp³-hybridized carbons (Fsp3) is 0.167. The van der Waals surface area contributed by atoms with Gasteiger partial charge in [-0.2, -0.15) is 0 Å². The number of H-pyrrole nitrogens is 2. The van der Waals surface area contributed by atoms with Crippen molar-refractivity contribution < 1.29 is 10.2 Å². The molecule has 3 rings (SSSR count). The Kier molecular flexibility index (Phi) is 2.18. The van der Waals surface area contributed by atoms with E-state index < -0.39 is 33.6 Å². The van der Waals surface area contributed by atoms with Crippen molar-refractivity contribution in [3.05, 3.63) is 53.0 Å². The predicted octanol–water partition coefficient (Wildman–Crippen LogP) is -1.88. The van der Waals surface area contributed by atoms with Crippen molar-refractivity contribution in [2.24, 2.45) is 0 Å². The summed E-state index contributed by atoms with van der Waals surface area (Å²) in [5.74, 6) is -2.56. The van der Waals surface area contributed by atoms with E-state index in [1.54, 1.807) is 0 Å². The third-order valence-electron chi connectivity index (χ3n) is 3.20. The normalized spacial score (nSPS) is 12.6. The molecule has 8 heteroatoms. The molecule has 102 valence electrons. The minimum atomic E-state index is -2.56.